The summed E-state index contributed by atoms with van der Waals surface area (Å²) in [6, 6.07) is 4.41. The van der Waals surface area contributed by atoms with Gasteiger partial charge >= 0.3 is 11.9 Å². The summed E-state index contributed by atoms with van der Waals surface area (Å²) >= 11 is 6.10. The monoisotopic (exact) mass is 490 g/mol. The van der Waals surface area contributed by atoms with Gasteiger partial charge in [-0.15, -0.1) is 0 Å². The van der Waals surface area contributed by atoms with E-state index in [-0.39, 0.29) is 52.1 Å². The molecule has 3 rings (SSSR count). The molecular weight excluding hydrogens is 464 g/mol. The van der Waals surface area contributed by atoms with Crippen LogP contribution in [0.4, 0.5) is 0 Å². The van der Waals surface area contributed by atoms with Gasteiger partial charge in [0.15, 0.2) is 11.5 Å². The quantitative estimate of drug-likeness (QED) is 0.238. The Morgan fingerprint density at radius 3 is 2.47 bits per heavy atom. The number of carbonyl (C=O) groups excluding carboxylic acids is 3. The second kappa shape index (κ2) is 10.8. The number of ketones is 1. The molecule has 0 unspecified atom stereocenters. The number of ether oxygens (including phenoxy) is 4. The molecule has 2 aromatic rings. The highest BCUT2D eigenvalue weighted by Crippen LogP contribution is 2.48. The molecule has 0 N–H and O–H groups in total. The molecular formula is C24H27ClN2O7. The van der Waals surface area contributed by atoms with Gasteiger partial charge in [-0.05, 0) is 39.1 Å². The van der Waals surface area contributed by atoms with E-state index in [1.54, 1.807) is 12.1 Å². The van der Waals surface area contributed by atoms with Crippen molar-refractivity contribution >= 4 is 29.3 Å². The van der Waals surface area contributed by atoms with E-state index in [1.165, 1.54) is 40.3 Å². The molecule has 0 saturated carbocycles. The predicted molar refractivity (Wildman–Crippen MR) is 124 cm³/mol. The Hall–Kier alpha value is -3.17. The average molecular weight is 491 g/mol. The first-order chi connectivity index (χ1) is 16.2. The lowest BCUT2D eigenvalue weighted by atomic mass is 9.87. The second-order valence-corrected chi connectivity index (χ2v) is 8.29. The summed E-state index contributed by atoms with van der Waals surface area (Å²) in [6.07, 6.45) is 2.11. The van der Waals surface area contributed by atoms with Gasteiger partial charge in [0.1, 0.15) is 28.8 Å². The van der Waals surface area contributed by atoms with Crippen LogP contribution in [0.2, 0.25) is 5.15 Å². The lowest BCUT2D eigenvalue weighted by Crippen LogP contribution is -2.34. The number of methoxy groups -OCH3 is 2. The molecule has 1 fully saturated rings. The lowest BCUT2D eigenvalue weighted by molar-refractivity contribution is -0.142. The normalized spacial score (nSPS) is 17.8. The van der Waals surface area contributed by atoms with Crippen molar-refractivity contribution in [3.63, 3.8) is 0 Å². The van der Waals surface area contributed by atoms with Crippen LogP contribution >= 0.6 is 11.6 Å². The second-order valence-electron chi connectivity index (χ2n) is 7.93. The fourth-order valence-corrected chi connectivity index (χ4v) is 4.42. The Bertz CT molecular complexity index is 1100. The highest BCUT2D eigenvalue weighted by Gasteiger charge is 2.40. The van der Waals surface area contributed by atoms with E-state index >= 15 is 0 Å². The Labute approximate surface area is 202 Å². The molecule has 9 nitrogen and oxygen atoms in total. The van der Waals surface area contributed by atoms with Crippen molar-refractivity contribution in [3.8, 4) is 17.2 Å². The number of likely N-dealkylation sites (N-methyl/N-ethyl adjacent to an activating group) is 1. The number of hydrogen-bond donors (Lipinski definition) is 0. The van der Waals surface area contributed by atoms with Crippen molar-refractivity contribution in [3.05, 3.63) is 46.2 Å². The molecule has 1 aromatic carbocycles. The topological polar surface area (TPSA) is 104 Å². The maximum absolute atomic E-state index is 13.1. The third kappa shape index (κ3) is 5.15. The minimum Gasteiger partial charge on any atom is -0.496 e. The van der Waals surface area contributed by atoms with E-state index < -0.39 is 11.9 Å². The van der Waals surface area contributed by atoms with Gasteiger partial charge in [0.05, 0.1) is 25.8 Å². The van der Waals surface area contributed by atoms with Gasteiger partial charge in [0.25, 0.3) is 0 Å². The Kier molecular flexibility index (Phi) is 8.11. The average Bonchev–Trinajstić information content (AvgIpc) is 3.16. The number of aromatic nitrogens is 1. The summed E-state index contributed by atoms with van der Waals surface area (Å²) in [5.41, 5.74) is 0.669. The standard InChI is InChI=1S/C24H27ClN2O7/c1-13(28)20-18(31-4)11-19(32-5)21(15-8-10-27(3)17(15)12-33-14(2)29)22(20)34-24(30)16-7-6-9-26-23(16)25/h6-7,9,11,15,17H,8,10,12H2,1-5H3/t15-,17+/m0/s1. The van der Waals surface area contributed by atoms with Gasteiger partial charge in [-0.25, -0.2) is 9.78 Å². The number of Topliss-reactive ketones (excluding diaryl/α,β-unsaturated/α-hetero) is 1. The van der Waals surface area contributed by atoms with Crippen LogP contribution in [0.15, 0.2) is 24.4 Å². The van der Waals surface area contributed by atoms with Crippen LogP contribution in [0.25, 0.3) is 0 Å². The first-order valence-corrected chi connectivity index (χ1v) is 11.0. The molecule has 1 aliphatic heterocycles. The van der Waals surface area contributed by atoms with Crippen molar-refractivity contribution in [2.45, 2.75) is 32.2 Å². The van der Waals surface area contributed by atoms with Crippen molar-refractivity contribution in [2.75, 3.05) is 34.4 Å². The van der Waals surface area contributed by atoms with Crippen LogP contribution in [0.5, 0.6) is 17.2 Å². The van der Waals surface area contributed by atoms with E-state index in [9.17, 15) is 14.4 Å². The van der Waals surface area contributed by atoms with Crippen LogP contribution in [0, 0.1) is 0 Å². The van der Waals surface area contributed by atoms with Crippen LogP contribution in [-0.2, 0) is 9.53 Å². The number of esters is 2. The van der Waals surface area contributed by atoms with Gasteiger partial charge in [-0.2, -0.15) is 0 Å². The SMILES string of the molecule is COc1cc(OC)c([C@H]2CCN(C)[C@@H]2COC(C)=O)c(OC(=O)c2cccnc2Cl)c1C(C)=O. The van der Waals surface area contributed by atoms with E-state index in [2.05, 4.69) is 4.98 Å². The zero-order valence-electron chi connectivity index (χ0n) is 19.7. The molecule has 1 aliphatic rings. The maximum atomic E-state index is 13.1. The summed E-state index contributed by atoms with van der Waals surface area (Å²) in [7, 11) is 4.81. The van der Waals surface area contributed by atoms with Crippen molar-refractivity contribution < 1.29 is 33.3 Å². The largest absolute Gasteiger partial charge is 0.496 e. The molecule has 1 saturated heterocycles. The van der Waals surface area contributed by atoms with Gasteiger partial charge in [-0.1, -0.05) is 11.6 Å². The van der Waals surface area contributed by atoms with Crippen LogP contribution in [-0.4, -0.2) is 68.1 Å². The Morgan fingerprint density at radius 1 is 1.18 bits per heavy atom. The number of halogens is 1. The third-order valence-corrected chi connectivity index (χ3v) is 6.16. The van der Waals surface area contributed by atoms with Gasteiger partial charge in [0.2, 0.25) is 0 Å². The molecule has 2 heterocycles. The Balaban J connectivity index is 2.20. The highest BCUT2D eigenvalue weighted by molar-refractivity contribution is 6.32. The first-order valence-electron chi connectivity index (χ1n) is 10.7. The molecule has 0 aliphatic carbocycles. The molecule has 0 bridgehead atoms. The number of pyridine rings is 1. The molecule has 0 radical (unpaired) electrons. The van der Waals surface area contributed by atoms with Crippen LogP contribution < -0.4 is 14.2 Å². The number of hydrogen-bond acceptors (Lipinski definition) is 9. The summed E-state index contributed by atoms with van der Waals surface area (Å²) < 4.78 is 22.2. The molecule has 10 heteroatoms. The zero-order valence-corrected chi connectivity index (χ0v) is 20.5. The summed E-state index contributed by atoms with van der Waals surface area (Å²) in [4.78, 5) is 43.3. The molecule has 0 spiro atoms. The van der Waals surface area contributed by atoms with E-state index in [0.717, 1.165) is 0 Å². The first kappa shape index (κ1) is 25.5. The summed E-state index contributed by atoms with van der Waals surface area (Å²) in [5.74, 6) is -1.19. The van der Waals surface area contributed by atoms with Crippen molar-refractivity contribution in [1.29, 1.82) is 0 Å². The van der Waals surface area contributed by atoms with Crippen LogP contribution in [0.3, 0.4) is 0 Å². The molecule has 34 heavy (non-hydrogen) atoms. The smallest absolute Gasteiger partial charge is 0.346 e. The van der Waals surface area contributed by atoms with Crippen LogP contribution in [0.1, 0.15) is 52.5 Å². The van der Waals surface area contributed by atoms with E-state index in [0.29, 0.717) is 24.3 Å². The molecule has 182 valence electrons. The molecule has 2 atom stereocenters. The lowest BCUT2D eigenvalue weighted by Gasteiger charge is -2.28. The maximum Gasteiger partial charge on any atom is 0.346 e. The van der Waals surface area contributed by atoms with Crippen molar-refractivity contribution in [2.24, 2.45) is 0 Å². The van der Waals surface area contributed by atoms with Gasteiger partial charge < -0.3 is 18.9 Å². The zero-order chi connectivity index (χ0) is 25.0. The summed E-state index contributed by atoms with van der Waals surface area (Å²) in [6.45, 7) is 3.53. The number of rotatable bonds is 8. The number of benzene rings is 1. The van der Waals surface area contributed by atoms with Gasteiger partial charge in [0, 0.05) is 30.7 Å². The number of nitrogens with zero attached hydrogens (tertiary/aromatic N) is 2. The Morgan fingerprint density at radius 2 is 1.88 bits per heavy atom. The number of carbonyl (C=O) groups is 3. The van der Waals surface area contributed by atoms with Gasteiger partial charge in [-0.3, -0.25) is 14.5 Å². The molecule has 1 aromatic heterocycles. The minimum atomic E-state index is -0.778. The van der Waals surface area contributed by atoms with E-state index in [1.807, 2.05) is 11.9 Å². The number of likely N-dealkylation sites (tertiary alicyclic amines) is 1. The fraction of sp³-hybridized carbons (Fsp3) is 0.417. The third-order valence-electron chi connectivity index (χ3n) is 5.86. The minimum absolute atomic E-state index is 0.0263. The fourth-order valence-electron chi connectivity index (χ4n) is 4.22. The van der Waals surface area contributed by atoms with E-state index in [4.69, 9.17) is 30.5 Å². The predicted octanol–water partition coefficient (Wildman–Crippen LogP) is 3.52. The molecule has 0 amide bonds. The summed E-state index contributed by atoms with van der Waals surface area (Å²) in [5, 5.41) is -0.0263. The highest BCUT2D eigenvalue weighted by atomic mass is 35.5. The van der Waals surface area contributed by atoms with Crippen molar-refractivity contribution in [1.82, 2.24) is 9.88 Å².